The van der Waals surface area contributed by atoms with Crippen LogP contribution in [0.3, 0.4) is 0 Å². The number of aryl methyl sites for hydroxylation is 1. The normalized spacial score (nSPS) is 11.8. The van der Waals surface area contributed by atoms with Gasteiger partial charge in [0.2, 0.25) is 10.0 Å². The highest BCUT2D eigenvalue weighted by atomic mass is 32.2. The third-order valence-electron chi connectivity index (χ3n) is 1.58. The third-order valence-corrected chi connectivity index (χ3v) is 3.01. The van der Waals surface area contributed by atoms with E-state index in [1.54, 1.807) is 0 Å². The van der Waals surface area contributed by atoms with Gasteiger partial charge in [-0.1, -0.05) is 0 Å². The van der Waals surface area contributed by atoms with Gasteiger partial charge in [0.05, 0.1) is 5.75 Å². The average molecular weight is 237 g/mol. The molecule has 0 bridgehead atoms. The molecule has 0 atom stereocenters. The minimum Gasteiger partial charge on any atom is -0.300 e. The summed E-state index contributed by atoms with van der Waals surface area (Å²) in [5.74, 6) is 0.580. The Bertz CT molecular complexity index is 433. The second kappa shape index (κ2) is 4.67. The van der Waals surface area contributed by atoms with Crippen LogP contribution in [0.25, 0.3) is 0 Å². The van der Waals surface area contributed by atoms with Crippen molar-refractivity contribution in [2.24, 2.45) is 5.14 Å². The highest BCUT2D eigenvalue weighted by Gasteiger charge is 2.03. The SMILES string of the molecule is NS(=O)(=O)CCCCc1nsc(=O)[nH]1. The van der Waals surface area contributed by atoms with Gasteiger partial charge < -0.3 is 0 Å². The van der Waals surface area contributed by atoms with E-state index in [1.165, 1.54) is 0 Å². The summed E-state index contributed by atoms with van der Waals surface area (Å²) >= 11 is 0.864. The van der Waals surface area contributed by atoms with Gasteiger partial charge in [-0.05, 0) is 12.8 Å². The summed E-state index contributed by atoms with van der Waals surface area (Å²) in [6.45, 7) is 0. The van der Waals surface area contributed by atoms with Crippen LogP contribution in [0.1, 0.15) is 18.7 Å². The van der Waals surface area contributed by atoms with E-state index in [-0.39, 0.29) is 10.6 Å². The molecule has 0 amide bonds. The van der Waals surface area contributed by atoms with Crippen molar-refractivity contribution in [1.82, 2.24) is 9.36 Å². The van der Waals surface area contributed by atoms with Gasteiger partial charge in [0.1, 0.15) is 5.82 Å². The van der Waals surface area contributed by atoms with Crippen LogP contribution in [-0.4, -0.2) is 23.5 Å². The lowest BCUT2D eigenvalue weighted by Gasteiger charge is -1.96. The van der Waals surface area contributed by atoms with Crippen LogP contribution < -0.4 is 10.0 Å². The highest BCUT2D eigenvalue weighted by molar-refractivity contribution is 7.89. The van der Waals surface area contributed by atoms with E-state index in [0.717, 1.165) is 11.5 Å². The number of nitrogens with zero attached hydrogens (tertiary/aromatic N) is 1. The number of aromatic nitrogens is 2. The molecule has 0 saturated carbocycles. The summed E-state index contributed by atoms with van der Waals surface area (Å²) in [5, 5.41) is 4.82. The van der Waals surface area contributed by atoms with Crippen LogP contribution in [0.4, 0.5) is 0 Å². The molecule has 14 heavy (non-hydrogen) atoms. The van der Waals surface area contributed by atoms with E-state index in [9.17, 15) is 13.2 Å². The molecule has 0 unspecified atom stereocenters. The molecule has 0 radical (unpaired) electrons. The minimum absolute atomic E-state index is 0.0264. The summed E-state index contributed by atoms with van der Waals surface area (Å²) in [6.07, 6.45) is 1.71. The Labute approximate surface area is 85.4 Å². The van der Waals surface area contributed by atoms with Gasteiger partial charge in [-0.15, -0.1) is 0 Å². The number of unbranched alkanes of at least 4 members (excludes halogenated alkanes) is 1. The first-order valence-electron chi connectivity index (χ1n) is 4.03. The molecule has 6 nitrogen and oxygen atoms in total. The van der Waals surface area contributed by atoms with Crippen LogP contribution >= 0.6 is 11.5 Å². The van der Waals surface area contributed by atoms with E-state index in [4.69, 9.17) is 5.14 Å². The number of nitrogens with two attached hydrogens (primary N) is 1. The second-order valence-electron chi connectivity index (χ2n) is 2.87. The van der Waals surface area contributed by atoms with E-state index in [0.29, 0.717) is 25.1 Å². The van der Waals surface area contributed by atoms with Crippen LogP contribution in [-0.2, 0) is 16.4 Å². The maximum Gasteiger partial charge on any atom is 0.323 e. The number of rotatable bonds is 5. The molecule has 0 saturated heterocycles. The highest BCUT2D eigenvalue weighted by Crippen LogP contribution is 1.99. The van der Waals surface area contributed by atoms with E-state index >= 15 is 0 Å². The van der Waals surface area contributed by atoms with E-state index in [1.807, 2.05) is 0 Å². The number of hydrogen-bond acceptors (Lipinski definition) is 5. The van der Waals surface area contributed by atoms with Gasteiger partial charge in [-0.2, -0.15) is 4.37 Å². The monoisotopic (exact) mass is 237 g/mol. The summed E-state index contributed by atoms with van der Waals surface area (Å²) in [4.78, 5) is 13.0. The summed E-state index contributed by atoms with van der Waals surface area (Å²) in [5.41, 5.74) is 0. The lowest BCUT2D eigenvalue weighted by atomic mass is 10.2. The van der Waals surface area contributed by atoms with Crippen LogP contribution in [0.5, 0.6) is 0 Å². The molecule has 0 aromatic carbocycles. The van der Waals surface area contributed by atoms with Crippen molar-refractivity contribution >= 4 is 21.6 Å². The van der Waals surface area contributed by atoms with Gasteiger partial charge in [-0.3, -0.25) is 9.78 Å². The molecular formula is C6H11N3O3S2. The second-order valence-corrected chi connectivity index (χ2v) is 5.34. The zero-order valence-electron chi connectivity index (χ0n) is 7.39. The molecule has 1 rings (SSSR count). The number of hydrogen-bond donors (Lipinski definition) is 2. The predicted molar refractivity (Wildman–Crippen MR) is 53.6 cm³/mol. The Balaban J connectivity index is 2.26. The van der Waals surface area contributed by atoms with Gasteiger partial charge in [0.15, 0.2) is 0 Å². The molecule has 3 N–H and O–H groups in total. The summed E-state index contributed by atoms with van der Waals surface area (Å²) in [7, 11) is -3.36. The lowest BCUT2D eigenvalue weighted by molar-refractivity contribution is 0.592. The molecule has 1 aromatic heterocycles. The summed E-state index contributed by atoms with van der Waals surface area (Å²) in [6, 6.07) is 0. The van der Waals surface area contributed by atoms with E-state index in [2.05, 4.69) is 9.36 Å². The molecule has 0 aliphatic rings. The Morgan fingerprint density at radius 2 is 2.14 bits per heavy atom. The molecule has 8 heteroatoms. The number of primary sulfonamides is 1. The van der Waals surface area contributed by atoms with Gasteiger partial charge >= 0.3 is 4.87 Å². The van der Waals surface area contributed by atoms with Crippen molar-refractivity contribution in [3.8, 4) is 0 Å². The number of sulfonamides is 1. The molecule has 0 fully saturated rings. The van der Waals surface area contributed by atoms with Gasteiger partial charge in [-0.25, -0.2) is 13.6 Å². The fourth-order valence-electron chi connectivity index (χ4n) is 0.964. The maximum absolute atomic E-state index is 10.7. The molecule has 1 aromatic rings. The smallest absolute Gasteiger partial charge is 0.300 e. The number of aromatic amines is 1. The van der Waals surface area contributed by atoms with Gasteiger partial charge in [0, 0.05) is 18.0 Å². The Morgan fingerprint density at radius 1 is 1.43 bits per heavy atom. The largest absolute Gasteiger partial charge is 0.323 e. The molecule has 0 aliphatic heterocycles. The topological polar surface area (TPSA) is 106 Å². The molecule has 1 heterocycles. The zero-order chi connectivity index (χ0) is 10.6. The Hall–Kier alpha value is -0.730. The van der Waals surface area contributed by atoms with Gasteiger partial charge in [0.25, 0.3) is 0 Å². The number of H-pyrrole nitrogens is 1. The van der Waals surface area contributed by atoms with Crippen molar-refractivity contribution in [2.75, 3.05) is 5.75 Å². The zero-order valence-corrected chi connectivity index (χ0v) is 9.03. The molecule has 80 valence electrons. The van der Waals surface area contributed by atoms with Crippen molar-refractivity contribution < 1.29 is 8.42 Å². The third kappa shape index (κ3) is 4.49. The Kier molecular flexibility index (Phi) is 3.78. The van der Waals surface area contributed by atoms with E-state index < -0.39 is 10.0 Å². The molecular weight excluding hydrogens is 226 g/mol. The fraction of sp³-hybridized carbons (Fsp3) is 0.667. The Morgan fingerprint density at radius 3 is 2.64 bits per heavy atom. The van der Waals surface area contributed by atoms with Crippen LogP contribution in [0, 0.1) is 0 Å². The van der Waals surface area contributed by atoms with Crippen LogP contribution in [0.2, 0.25) is 0 Å². The fourth-order valence-corrected chi connectivity index (χ4v) is 2.06. The summed E-state index contributed by atoms with van der Waals surface area (Å²) < 4.78 is 24.9. The first-order chi connectivity index (χ1) is 6.47. The lowest BCUT2D eigenvalue weighted by Crippen LogP contribution is -2.16. The van der Waals surface area contributed by atoms with Crippen molar-refractivity contribution in [3.05, 3.63) is 15.5 Å². The number of nitrogens with one attached hydrogen (secondary N) is 1. The maximum atomic E-state index is 10.7. The van der Waals surface area contributed by atoms with Crippen molar-refractivity contribution in [1.29, 1.82) is 0 Å². The quantitative estimate of drug-likeness (QED) is 0.669. The first kappa shape index (κ1) is 11.3. The predicted octanol–water partition coefficient (Wildman–Crippen LogP) is -0.557. The average Bonchev–Trinajstić information content (AvgIpc) is 2.44. The van der Waals surface area contributed by atoms with Crippen LogP contribution in [0.15, 0.2) is 4.79 Å². The minimum atomic E-state index is -3.36. The van der Waals surface area contributed by atoms with Crippen molar-refractivity contribution in [3.63, 3.8) is 0 Å². The first-order valence-corrected chi connectivity index (χ1v) is 6.51. The standard InChI is InChI=1S/C6H11N3O3S2/c7-14(11,12)4-2-1-3-5-8-6(10)13-9-5/h1-4H2,(H2,7,11,12)(H,8,9,10). The molecule has 0 aliphatic carbocycles. The van der Waals surface area contributed by atoms with Crippen molar-refractivity contribution in [2.45, 2.75) is 19.3 Å². The molecule has 0 spiro atoms.